The zero-order valence-corrected chi connectivity index (χ0v) is 15.1. The van der Waals surface area contributed by atoms with Crippen molar-refractivity contribution in [1.29, 1.82) is 0 Å². The highest BCUT2D eigenvalue weighted by atomic mass is 32.1. The summed E-state index contributed by atoms with van der Waals surface area (Å²) >= 11 is 5.33. The third-order valence-corrected chi connectivity index (χ3v) is 4.67. The molecule has 1 aromatic heterocycles. The van der Waals surface area contributed by atoms with E-state index < -0.39 is 0 Å². The molecule has 0 saturated heterocycles. The van der Waals surface area contributed by atoms with E-state index >= 15 is 0 Å². The number of anilines is 1. The average Bonchev–Trinajstić information content (AvgIpc) is 3.04. The summed E-state index contributed by atoms with van der Waals surface area (Å²) in [6, 6.07) is 17.6. The third-order valence-electron chi connectivity index (χ3n) is 4.37. The number of nitrogens with one attached hydrogen (secondary N) is 2. The summed E-state index contributed by atoms with van der Waals surface area (Å²) in [4.78, 5) is 15.6. The van der Waals surface area contributed by atoms with Crippen LogP contribution in [0, 0.1) is 4.77 Å². The topological polar surface area (TPSA) is 49.8 Å². The van der Waals surface area contributed by atoms with E-state index in [9.17, 15) is 4.79 Å². The summed E-state index contributed by atoms with van der Waals surface area (Å²) in [5.41, 5.74) is 3.37. The molecule has 25 heavy (non-hydrogen) atoms. The van der Waals surface area contributed by atoms with E-state index in [1.54, 1.807) is 10.8 Å². The van der Waals surface area contributed by atoms with E-state index in [1.807, 2.05) is 42.5 Å². The van der Waals surface area contributed by atoms with Crippen molar-refractivity contribution in [3.63, 3.8) is 0 Å². The molecule has 4 nitrogen and oxygen atoms in total. The van der Waals surface area contributed by atoms with Gasteiger partial charge in [-0.1, -0.05) is 44.2 Å². The first kappa shape index (κ1) is 17.2. The van der Waals surface area contributed by atoms with Gasteiger partial charge in [-0.05, 0) is 54.4 Å². The molecule has 1 unspecified atom stereocenters. The minimum Gasteiger partial charge on any atom is -0.336 e. The Balaban J connectivity index is 1.84. The van der Waals surface area contributed by atoms with Gasteiger partial charge in [-0.2, -0.15) is 0 Å². The summed E-state index contributed by atoms with van der Waals surface area (Å²) in [5.74, 6) is 0.310. The molecule has 2 N–H and O–H groups in total. The molecular formula is C20H21N3OS. The van der Waals surface area contributed by atoms with Gasteiger partial charge >= 0.3 is 0 Å². The molecular weight excluding hydrogens is 330 g/mol. The van der Waals surface area contributed by atoms with Crippen molar-refractivity contribution in [2.75, 3.05) is 5.32 Å². The predicted molar refractivity (Wildman–Crippen MR) is 104 cm³/mol. The summed E-state index contributed by atoms with van der Waals surface area (Å²) in [6.07, 6.45) is 2.73. The first-order valence-electron chi connectivity index (χ1n) is 8.37. The van der Waals surface area contributed by atoms with Crippen LogP contribution in [0.25, 0.3) is 5.69 Å². The van der Waals surface area contributed by atoms with Crippen molar-refractivity contribution in [2.45, 2.75) is 26.2 Å². The van der Waals surface area contributed by atoms with Gasteiger partial charge in [0, 0.05) is 17.6 Å². The maximum absolute atomic E-state index is 12.7. The molecule has 128 valence electrons. The molecule has 0 radical (unpaired) electrons. The molecule has 1 atom stereocenters. The second-order valence-corrected chi connectivity index (χ2v) is 6.42. The van der Waals surface area contributed by atoms with Gasteiger partial charge in [0.25, 0.3) is 5.91 Å². The summed E-state index contributed by atoms with van der Waals surface area (Å²) in [6.45, 7) is 4.36. The Morgan fingerprint density at radius 3 is 2.48 bits per heavy atom. The minimum absolute atomic E-state index is 0.201. The van der Waals surface area contributed by atoms with Gasteiger partial charge in [-0.15, -0.1) is 0 Å². The zero-order valence-electron chi connectivity index (χ0n) is 14.3. The number of para-hydroxylation sites is 1. The van der Waals surface area contributed by atoms with E-state index in [1.165, 1.54) is 5.56 Å². The molecule has 0 aliphatic heterocycles. The fraction of sp³-hybridized carbons (Fsp3) is 0.200. The van der Waals surface area contributed by atoms with Crippen molar-refractivity contribution in [2.24, 2.45) is 0 Å². The molecule has 1 heterocycles. The maximum atomic E-state index is 12.7. The van der Waals surface area contributed by atoms with Gasteiger partial charge < -0.3 is 10.3 Å². The van der Waals surface area contributed by atoms with E-state index in [-0.39, 0.29) is 5.91 Å². The molecule has 0 aliphatic rings. The van der Waals surface area contributed by atoms with Gasteiger partial charge in [-0.25, -0.2) is 0 Å². The van der Waals surface area contributed by atoms with Crippen LogP contribution in [-0.2, 0) is 0 Å². The maximum Gasteiger partial charge on any atom is 0.274 e. The third kappa shape index (κ3) is 3.72. The minimum atomic E-state index is -0.201. The molecule has 0 fully saturated rings. The highest BCUT2D eigenvalue weighted by Gasteiger charge is 2.14. The van der Waals surface area contributed by atoms with Crippen LogP contribution in [-0.4, -0.2) is 15.5 Å². The Morgan fingerprint density at radius 2 is 1.84 bits per heavy atom. The Hall–Kier alpha value is -2.66. The highest BCUT2D eigenvalue weighted by molar-refractivity contribution is 7.71. The van der Waals surface area contributed by atoms with Crippen LogP contribution in [0.15, 0.2) is 60.8 Å². The number of benzene rings is 2. The van der Waals surface area contributed by atoms with Crippen molar-refractivity contribution >= 4 is 23.8 Å². The molecule has 0 aliphatic carbocycles. The molecule has 0 bridgehead atoms. The molecule has 3 rings (SSSR count). The number of hydrogen-bond donors (Lipinski definition) is 2. The first-order valence-corrected chi connectivity index (χ1v) is 8.78. The van der Waals surface area contributed by atoms with Crippen LogP contribution in [0.5, 0.6) is 0 Å². The van der Waals surface area contributed by atoms with Crippen LogP contribution in [0.2, 0.25) is 0 Å². The lowest BCUT2D eigenvalue weighted by Gasteiger charge is -2.11. The Kier molecular flexibility index (Phi) is 5.14. The largest absolute Gasteiger partial charge is 0.336 e. The van der Waals surface area contributed by atoms with Crippen molar-refractivity contribution in [1.82, 2.24) is 9.55 Å². The lowest BCUT2D eigenvalue weighted by atomic mass is 9.99. The molecule has 0 saturated carbocycles. The number of H-pyrrole nitrogens is 1. The fourth-order valence-corrected chi connectivity index (χ4v) is 2.96. The van der Waals surface area contributed by atoms with Crippen molar-refractivity contribution in [3.05, 3.63) is 76.8 Å². The van der Waals surface area contributed by atoms with Gasteiger partial charge in [0.05, 0.1) is 0 Å². The quantitative estimate of drug-likeness (QED) is 0.613. The molecule has 5 heteroatoms. The van der Waals surface area contributed by atoms with E-state index in [2.05, 4.69) is 36.3 Å². The van der Waals surface area contributed by atoms with Crippen LogP contribution in [0.3, 0.4) is 0 Å². The Labute approximate surface area is 152 Å². The molecule has 3 aromatic rings. The number of imidazole rings is 1. The Morgan fingerprint density at radius 1 is 1.16 bits per heavy atom. The second kappa shape index (κ2) is 7.49. The number of rotatable bonds is 5. The number of aromatic nitrogens is 2. The lowest BCUT2D eigenvalue weighted by molar-refractivity contribution is 0.102. The van der Waals surface area contributed by atoms with Crippen LogP contribution < -0.4 is 5.32 Å². The summed E-state index contributed by atoms with van der Waals surface area (Å²) in [5, 5.41) is 2.94. The van der Waals surface area contributed by atoms with E-state index in [4.69, 9.17) is 12.2 Å². The van der Waals surface area contributed by atoms with Gasteiger partial charge in [0.15, 0.2) is 4.77 Å². The van der Waals surface area contributed by atoms with Crippen LogP contribution in [0.4, 0.5) is 5.69 Å². The number of carbonyl (C=O) groups excluding carboxylic acids is 1. The highest BCUT2D eigenvalue weighted by Crippen LogP contribution is 2.21. The SMILES string of the molecule is CCC(C)c1ccc(NC(=O)c2c[nH]c(=S)n2-c2ccccc2)cc1. The lowest BCUT2D eigenvalue weighted by Crippen LogP contribution is -2.16. The Bertz CT molecular complexity index is 910. The normalized spacial score (nSPS) is 11.9. The van der Waals surface area contributed by atoms with E-state index in [0.717, 1.165) is 17.8 Å². The standard InChI is InChI=1S/C20H21N3OS/c1-3-14(2)15-9-11-16(12-10-15)22-19(24)18-13-21-20(25)23(18)17-7-5-4-6-8-17/h4-14H,3H2,1-2H3,(H,21,25)(H,22,24). The van der Waals surface area contributed by atoms with Crippen molar-refractivity contribution < 1.29 is 4.79 Å². The van der Waals surface area contributed by atoms with E-state index in [0.29, 0.717) is 16.4 Å². The van der Waals surface area contributed by atoms with Gasteiger partial charge in [0.1, 0.15) is 5.69 Å². The van der Waals surface area contributed by atoms with Crippen LogP contribution in [0.1, 0.15) is 42.2 Å². The van der Waals surface area contributed by atoms with Gasteiger partial charge in [0.2, 0.25) is 0 Å². The molecule has 2 aromatic carbocycles. The molecule has 0 spiro atoms. The monoisotopic (exact) mass is 351 g/mol. The number of amides is 1. The van der Waals surface area contributed by atoms with Crippen LogP contribution >= 0.6 is 12.2 Å². The van der Waals surface area contributed by atoms with Crippen molar-refractivity contribution in [3.8, 4) is 5.69 Å². The number of carbonyl (C=O) groups is 1. The average molecular weight is 351 g/mol. The zero-order chi connectivity index (χ0) is 17.8. The van der Waals surface area contributed by atoms with Gasteiger partial charge in [-0.3, -0.25) is 9.36 Å². The summed E-state index contributed by atoms with van der Waals surface area (Å²) < 4.78 is 2.22. The number of nitrogens with zero attached hydrogens (tertiary/aromatic N) is 1. The fourth-order valence-electron chi connectivity index (χ4n) is 2.69. The molecule has 1 amide bonds. The summed E-state index contributed by atoms with van der Waals surface area (Å²) in [7, 11) is 0. The first-order chi connectivity index (χ1) is 12.1. The number of aromatic amines is 1. The second-order valence-electron chi connectivity index (χ2n) is 6.04. The predicted octanol–water partition coefficient (Wildman–Crippen LogP) is 5.30. The smallest absolute Gasteiger partial charge is 0.274 e. The number of hydrogen-bond acceptors (Lipinski definition) is 2.